The first-order valence-electron chi connectivity index (χ1n) is 6.85. The van der Waals surface area contributed by atoms with Crippen molar-refractivity contribution in [3.8, 4) is 0 Å². The number of fused-ring (bicyclic) bond motifs is 1. The number of carbonyl (C=O) groups is 1. The molecule has 0 aromatic heterocycles. The van der Waals surface area contributed by atoms with Crippen molar-refractivity contribution in [2.45, 2.75) is 64.7 Å². The largest absolute Gasteiger partial charge is 0.481 e. The number of carboxylic acids is 1. The Labute approximate surface area is 98.4 Å². The molecule has 1 N–H and O–H groups in total. The molecule has 0 aliphatic heterocycles. The fraction of sp³-hybridized carbons (Fsp3) is 0.929. The Bertz CT molecular complexity index is 235. The second kappa shape index (κ2) is 4.77. The van der Waals surface area contributed by atoms with E-state index in [0.29, 0.717) is 0 Å². The van der Waals surface area contributed by atoms with Gasteiger partial charge in [0.25, 0.3) is 0 Å². The average molecular weight is 224 g/mol. The SMILES string of the molecule is C1CC2CCC12.CC1(C(=O)O)CCCCC1. The van der Waals surface area contributed by atoms with E-state index in [-0.39, 0.29) is 0 Å². The van der Waals surface area contributed by atoms with Crippen molar-refractivity contribution in [1.29, 1.82) is 0 Å². The first-order chi connectivity index (χ1) is 7.62. The van der Waals surface area contributed by atoms with Crippen LogP contribution >= 0.6 is 0 Å². The molecule has 92 valence electrons. The molecule has 0 atom stereocenters. The van der Waals surface area contributed by atoms with Crippen LogP contribution in [0.25, 0.3) is 0 Å². The van der Waals surface area contributed by atoms with Gasteiger partial charge >= 0.3 is 5.97 Å². The molecule has 3 aliphatic carbocycles. The van der Waals surface area contributed by atoms with Gasteiger partial charge in [0.05, 0.1) is 5.41 Å². The van der Waals surface area contributed by atoms with Crippen molar-refractivity contribution in [3.05, 3.63) is 0 Å². The van der Waals surface area contributed by atoms with E-state index in [2.05, 4.69) is 0 Å². The number of hydrogen-bond acceptors (Lipinski definition) is 1. The number of aliphatic carboxylic acids is 1. The molecule has 0 saturated heterocycles. The molecule has 3 aliphatic rings. The molecular formula is C14H24O2. The van der Waals surface area contributed by atoms with Crippen LogP contribution in [-0.2, 0) is 4.79 Å². The minimum Gasteiger partial charge on any atom is -0.481 e. The molecule has 2 nitrogen and oxygen atoms in total. The summed E-state index contributed by atoms with van der Waals surface area (Å²) in [6, 6.07) is 0. The molecule has 0 aromatic rings. The zero-order valence-corrected chi connectivity index (χ0v) is 10.4. The van der Waals surface area contributed by atoms with E-state index in [9.17, 15) is 4.79 Å². The highest BCUT2D eigenvalue weighted by molar-refractivity contribution is 5.74. The third-order valence-corrected chi connectivity index (χ3v) is 4.96. The zero-order valence-electron chi connectivity index (χ0n) is 10.4. The molecule has 3 rings (SSSR count). The van der Waals surface area contributed by atoms with Crippen LogP contribution < -0.4 is 0 Å². The maximum Gasteiger partial charge on any atom is 0.309 e. The van der Waals surface area contributed by atoms with Gasteiger partial charge in [-0.15, -0.1) is 0 Å². The van der Waals surface area contributed by atoms with Gasteiger partial charge in [-0.05, 0) is 57.3 Å². The molecule has 2 heteroatoms. The van der Waals surface area contributed by atoms with Crippen LogP contribution in [0.1, 0.15) is 64.7 Å². The van der Waals surface area contributed by atoms with E-state index in [1.54, 1.807) is 25.7 Å². The molecule has 0 heterocycles. The van der Waals surface area contributed by atoms with Gasteiger partial charge in [0, 0.05) is 0 Å². The molecule has 0 bridgehead atoms. The second-order valence-corrected chi connectivity index (χ2v) is 6.10. The topological polar surface area (TPSA) is 37.3 Å². The molecule has 0 spiro atoms. The Hall–Kier alpha value is -0.530. The van der Waals surface area contributed by atoms with Gasteiger partial charge in [-0.25, -0.2) is 0 Å². The van der Waals surface area contributed by atoms with Gasteiger partial charge in [0.1, 0.15) is 0 Å². The maximum atomic E-state index is 10.7. The van der Waals surface area contributed by atoms with Crippen molar-refractivity contribution in [2.75, 3.05) is 0 Å². The quantitative estimate of drug-likeness (QED) is 0.734. The van der Waals surface area contributed by atoms with Crippen molar-refractivity contribution in [1.82, 2.24) is 0 Å². The molecule has 3 fully saturated rings. The van der Waals surface area contributed by atoms with Gasteiger partial charge in [-0.2, -0.15) is 0 Å². The summed E-state index contributed by atoms with van der Waals surface area (Å²) in [6.45, 7) is 1.86. The van der Waals surface area contributed by atoms with E-state index in [4.69, 9.17) is 5.11 Å². The standard InChI is InChI=1S/C8H14O2.C6H10/c1-8(7(9)10)5-3-2-4-6-8;1-2-6-4-3-5(1)6/h2-6H2,1H3,(H,9,10);5-6H,1-4H2. The highest BCUT2D eigenvalue weighted by atomic mass is 16.4. The summed E-state index contributed by atoms with van der Waals surface area (Å²) >= 11 is 0. The highest BCUT2D eigenvalue weighted by Crippen LogP contribution is 2.49. The summed E-state index contributed by atoms with van der Waals surface area (Å²) in [6.07, 6.45) is 11.4. The average Bonchev–Trinajstić information content (AvgIpc) is 2.25. The molecule has 0 aromatic carbocycles. The number of carboxylic acid groups (broad SMARTS) is 1. The Morgan fingerprint density at radius 2 is 1.44 bits per heavy atom. The van der Waals surface area contributed by atoms with Crippen molar-refractivity contribution >= 4 is 5.97 Å². The number of rotatable bonds is 1. The fourth-order valence-electron chi connectivity index (χ4n) is 3.11. The predicted octanol–water partition coefficient (Wildman–Crippen LogP) is 3.85. The van der Waals surface area contributed by atoms with Crippen LogP contribution in [0, 0.1) is 17.3 Å². The second-order valence-electron chi connectivity index (χ2n) is 6.10. The smallest absolute Gasteiger partial charge is 0.309 e. The molecular weight excluding hydrogens is 200 g/mol. The van der Waals surface area contributed by atoms with Crippen LogP contribution in [0.4, 0.5) is 0 Å². The lowest BCUT2D eigenvalue weighted by molar-refractivity contribution is -0.149. The molecule has 0 unspecified atom stereocenters. The first-order valence-corrected chi connectivity index (χ1v) is 6.85. The molecule has 3 saturated carbocycles. The van der Waals surface area contributed by atoms with Crippen LogP contribution in [0.15, 0.2) is 0 Å². The van der Waals surface area contributed by atoms with Gasteiger partial charge in [0.15, 0.2) is 0 Å². The van der Waals surface area contributed by atoms with E-state index in [1.165, 1.54) is 18.3 Å². The normalized spacial score (nSPS) is 34.6. The van der Waals surface area contributed by atoms with E-state index >= 15 is 0 Å². The fourth-order valence-corrected chi connectivity index (χ4v) is 3.11. The minimum atomic E-state index is -0.618. The Kier molecular flexibility index (Phi) is 3.56. The molecule has 16 heavy (non-hydrogen) atoms. The highest BCUT2D eigenvalue weighted by Gasteiger charge is 2.37. The van der Waals surface area contributed by atoms with Crippen molar-refractivity contribution in [3.63, 3.8) is 0 Å². The van der Waals surface area contributed by atoms with Crippen LogP contribution in [0.3, 0.4) is 0 Å². The summed E-state index contributed by atoms with van der Waals surface area (Å²) in [7, 11) is 0. The molecule has 0 radical (unpaired) electrons. The van der Waals surface area contributed by atoms with Gasteiger partial charge in [-0.1, -0.05) is 19.3 Å². The Morgan fingerprint density at radius 1 is 1.00 bits per heavy atom. The van der Waals surface area contributed by atoms with Crippen LogP contribution in [0.2, 0.25) is 0 Å². The Morgan fingerprint density at radius 3 is 1.62 bits per heavy atom. The third kappa shape index (κ3) is 2.41. The lowest BCUT2D eigenvalue weighted by Crippen LogP contribution is -2.34. The van der Waals surface area contributed by atoms with Gasteiger partial charge in [0.2, 0.25) is 0 Å². The molecule has 0 amide bonds. The minimum absolute atomic E-state index is 0.405. The monoisotopic (exact) mass is 224 g/mol. The lowest BCUT2D eigenvalue weighted by atomic mass is 9.60. The van der Waals surface area contributed by atoms with Crippen molar-refractivity contribution in [2.24, 2.45) is 17.3 Å². The first kappa shape index (κ1) is 11.9. The zero-order chi connectivity index (χ0) is 11.6. The number of hydrogen-bond donors (Lipinski definition) is 1. The predicted molar refractivity (Wildman–Crippen MR) is 64.3 cm³/mol. The van der Waals surface area contributed by atoms with E-state index in [0.717, 1.165) is 25.7 Å². The summed E-state index contributed by atoms with van der Waals surface area (Å²) < 4.78 is 0. The summed E-state index contributed by atoms with van der Waals surface area (Å²) in [4.78, 5) is 10.7. The Balaban J connectivity index is 0.000000134. The van der Waals surface area contributed by atoms with Crippen molar-refractivity contribution < 1.29 is 9.90 Å². The summed E-state index contributed by atoms with van der Waals surface area (Å²) in [5.74, 6) is 1.81. The lowest BCUT2D eigenvalue weighted by Gasteiger charge is -2.46. The van der Waals surface area contributed by atoms with E-state index in [1.807, 2.05) is 6.92 Å². The third-order valence-electron chi connectivity index (χ3n) is 4.96. The van der Waals surface area contributed by atoms with Crippen LogP contribution in [0.5, 0.6) is 0 Å². The summed E-state index contributed by atoms with van der Waals surface area (Å²) in [5, 5.41) is 8.80. The maximum absolute atomic E-state index is 10.7. The van der Waals surface area contributed by atoms with Gasteiger partial charge < -0.3 is 5.11 Å². The van der Waals surface area contributed by atoms with Gasteiger partial charge in [-0.3, -0.25) is 4.79 Å². The van der Waals surface area contributed by atoms with E-state index < -0.39 is 11.4 Å². The van der Waals surface area contributed by atoms with Crippen LogP contribution in [-0.4, -0.2) is 11.1 Å². The summed E-state index contributed by atoms with van der Waals surface area (Å²) in [5.41, 5.74) is -0.405.